The summed E-state index contributed by atoms with van der Waals surface area (Å²) in [5.74, 6) is -0.356. The van der Waals surface area contributed by atoms with Gasteiger partial charge < -0.3 is 9.47 Å². The van der Waals surface area contributed by atoms with Crippen LogP contribution in [0.15, 0.2) is 77.7 Å². The quantitative estimate of drug-likeness (QED) is 0.0820. The first-order valence-corrected chi connectivity index (χ1v) is 20.8. The van der Waals surface area contributed by atoms with Crippen LogP contribution in [0.3, 0.4) is 0 Å². The van der Waals surface area contributed by atoms with Gasteiger partial charge in [-0.15, -0.1) is 0 Å². The summed E-state index contributed by atoms with van der Waals surface area (Å²) >= 11 is 0. The molecule has 0 aromatic heterocycles. The Morgan fingerprint density at radius 2 is 1.68 bits per heavy atom. The van der Waals surface area contributed by atoms with Crippen molar-refractivity contribution in [1.82, 2.24) is 0 Å². The van der Waals surface area contributed by atoms with Crippen molar-refractivity contribution in [2.24, 2.45) is 0 Å². The van der Waals surface area contributed by atoms with Gasteiger partial charge in [0.25, 0.3) is 15.7 Å². The molecule has 4 aromatic carbocycles. The van der Waals surface area contributed by atoms with Crippen LogP contribution in [0.2, 0.25) is 0 Å². The molecule has 2 aliphatic rings. The number of halogens is 1. The molecule has 1 aliphatic carbocycles. The fourth-order valence-corrected chi connectivity index (χ4v) is 10.7. The van der Waals surface area contributed by atoms with E-state index in [1.165, 1.54) is 30.3 Å². The van der Waals surface area contributed by atoms with Gasteiger partial charge in [0.05, 0.1) is 34.8 Å². The monoisotopic (exact) mass is 764 g/mol. The second kappa shape index (κ2) is 15.3. The largest absolute Gasteiger partial charge is 0.490 e. The average Bonchev–Trinajstić information content (AvgIpc) is 3.53. The van der Waals surface area contributed by atoms with Gasteiger partial charge in [-0.25, -0.2) is 21.2 Å². The van der Waals surface area contributed by atoms with Crippen molar-refractivity contribution >= 4 is 37.2 Å². The number of aryl methyl sites for hydroxylation is 3. The molecule has 280 valence electrons. The van der Waals surface area contributed by atoms with Crippen LogP contribution < -0.4 is 9.04 Å². The molecule has 4 aromatic rings. The number of nitro benzene ring substituents is 1. The highest BCUT2D eigenvalue weighted by Crippen LogP contribution is 2.47. The number of nitro groups is 1. The number of esters is 1. The minimum atomic E-state index is -4.64. The molecule has 0 bridgehead atoms. The normalized spacial score (nSPS) is 16.9. The van der Waals surface area contributed by atoms with E-state index < -0.39 is 53.2 Å². The number of rotatable bonds is 12. The third-order valence-corrected chi connectivity index (χ3v) is 13.5. The van der Waals surface area contributed by atoms with Gasteiger partial charge in [-0.3, -0.25) is 19.2 Å². The van der Waals surface area contributed by atoms with Crippen LogP contribution in [-0.4, -0.2) is 51.9 Å². The van der Waals surface area contributed by atoms with Crippen molar-refractivity contribution in [1.29, 1.82) is 0 Å². The first kappa shape index (κ1) is 37.9. The number of carbonyl (C=O) groups is 1. The summed E-state index contributed by atoms with van der Waals surface area (Å²) in [5, 5.41) is 12.0. The number of sulfone groups is 1. The van der Waals surface area contributed by atoms with Gasteiger partial charge in [0.2, 0.25) is 0 Å². The number of hydrogen-bond acceptors (Lipinski definition) is 9. The molecule has 6 rings (SSSR count). The molecule has 0 spiro atoms. The molecule has 0 saturated carbocycles. The lowest BCUT2D eigenvalue weighted by atomic mass is 9.90. The highest BCUT2D eigenvalue weighted by atomic mass is 32.2. The van der Waals surface area contributed by atoms with Gasteiger partial charge in [-0.1, -0.05) is 36.4 Å². The summed E-state index contributed by atoms with van der Waals surface area (Å²) in [5.41, 5.74) is 4.89. The lowest BCUT2D eigenvalue weighted by Gasteiger charge is -2.31. The van der Waals surface area contributed by atoms with E-state index in [9.17, 15) is 31.7 Å². The van der Waals surface area contributed by atoms with Crippen molar-refractivity contribution in [2.45, 2.75) is 76.3 Å². The zero-order valence-electron chi connectivity index (χ0n) is 29.7. The first-order valence-electron chi connectivity index (χ1n) is 17.5. The Morgan fingerprint density at radius 1 is 0.981 bits per heavy atom. The maximum Gasteiger partial charge on any atom is 0.306 e. The van der Waals surface area contributed by atoms with Crippen LogP contribution in [0, 0.1) is 29.8 Å². The van der Waals surface area contributed by atoms with Gasteiger partial charge in [0.15, 0.2) is 14.7 Å². The van der Waals surface area contributed by atoms with E-state index in [4.69, 9.17) is 9.47 Å². The second-order valence-corrected chi connectivity index (χ2v) is 17.5. The third-order valence-electron chi connectivity index (χ3n) is 9.90. The Bertz CT molecular complexity index is 2260. The molecule has 1 heterocycles. The van der Waals surface area contributed by atoms with Gasteiger partial charge in [-0.2, -0.15) is 0 Å². The maximum absolute atomic E-state index is 15.7. The Hall–Kier alpha value is -4.82. The average molecular weight is 765 g/mol. The first-order chi connectivity index (χ1) is 25.2. The van der Waals surface area contributed by atoms with Gasteiger partial charge in [0, 0.05) is 12.5 Å². The van der Waals surface area contributed by atoms with Crippen LogP contribution >= 0.6 is 0 Å². The van der Waals surface area contributed by atoms with Crippen LogP contribution in [0.25, 0.3) is 11.1 Å². The van der Waals surface area contributed by atoms with E-state index in [2.05, 4.69) is 0 Å². The van der Waals surface area contributed by atoms with Gasteiger partial charge in [0.1, 0.15) is 17.7 Å². The smallest absolute Gasteiger partial charge is 0.306 e. The van der Waals surface area contributed by atoms with Gasteiger partial charge >= 0.3 is 5.97 Å². The molecule has 11 nitrogen and oxygen atoms in total. The van der Waals surface area contributed by atoms with Crippen molar-refractivity contribution in [3.8, 4) is 16.9 Å². The maximum atomic E-state index is 15.7. The van der Waals surface area contributed by atoms with E-state index in [0.29, 0.717) is 37.0 Å². The number of fused-ring (bicyclic) bond motifs is 1. The summed E-state index contributed by atoms with van der Waals surface area (Å²) in [7, 11) is -7.67. The highest BCUT2D eigenvalue weighted by molar-refractivity contribution is 7.93. The molecule has 1 saturated heterocycles. The molecule has 53 heavy (non-hydrogen) atoms. The SMILES string of the molecule is CCOC(=O)CCc1ccc(N(C2CCc3c(-c4c(C)cc(OC5CCS(=O)(=O)CC5)cc4C)cccc32)S(=O)(=O)c2ccccc2[N+](=O)[O-])cc1F. The Balaban J connectivity index is 1.40. The standard InChI is InChI=1S/C39H41FN2O9S2/c1-4-50-38(43)17-13-27-12-14-28(24-34(27)40)41(53(48,49)37-11-6-5-10-36(37)42(44)45)35-16-15-31-32(35)8-7-9-33(31)39-25(2)22-30(23-26(39)3)51-29-18-20-52(46,47)21-19-29/h5-12,14,22-24,29,35H,4,13,15-21H2,1-3H3. The summed E-state index contributed by atoms with van der Waals surface area (Å²) in [6.45, 7) is 5.79. The van der Waals surface area contributed by atoms with Gasteiger partial charge in [-0.05, 0) is 122 Å². The van der Waals surface area contributed by atoms with E-state index >= 15 is 4.39 Å². The van der Waals surface area contributed by atoms with Crippen molar-refractivity contribution in [2.75, 3.05) is 22.4 Å². The summed E-state index contributed by atoms with van der Waals surface area (Å²) < 4.78 is 81.0. The fraction of sp³-hybridized carbons (Fsp3) is 0.359. The number of sulfonamides is 1. The molecule has 1 aliphatic heterocycles. The Kier molecular flexibility index (Phi) is 10.9. The van der Waals surface area contributed by atoms with Crippen LogP contribution in [0.1, 0.15) is 66.5 Å². The number of hydrogen-bond donors (Lipinski definition) is 0. The minimum absolute atomic E-state index is 0.00633. The van der Waals surface area contributed by atoms with Crippen molar-refractivity contribution in [3.05, 3.63) is 117 Å². The van der Waals surface area contributed by atoms with Crippen LogP contribution in [-0.2, 0) is 42.2 Å². The van der Waals surface area contributed by atoms with E-state index in [1.807, 2.05) is 44.2 Å². The van der Waals surface area contributed by atoms with E-state index in [0.717, 1.165) is 44.3 Å². The Labute approximate surface area is 308 Å². The number of benzene rings is 4. The topological polar surface area (TPSA) is 150 Å². The lowest BCUT2D eigenvalue weighted by molar-refractivity contribution is -0.387. The zero-order chi connectivity index (χ0) is 38.1. The Morgan fingerprint density at radius 3 is 2.34 bits per heavy atom. The second-order valence-electron chi connectivity index (χ2n) is 13.4. The molecular weight excluding hydrogens is 724 g/mol. The van der Waals surface area contributed by atoms with Crippen molar-refractivity contribution < 1.29 is 40.4 Å². The summed E-state index contributed by atoms with van der Waals surface area (Å²) in [4.78, 5) is 22.7. The number of nitrogens with zero attached hydrogens (tertiary/aromatic N) is 2. The molecule has 14 heteroatoms. The van der Waals surface area contributed by atoms with Crippen molar-refractivity contribution in [3.63, 3.8) is 0 Å². The minimum Gasteiger partial charge on any atom is -0.490 e. The number of para-hydroxylation sites is 1. The highest BCUT2D eigenvalue weighted by Gasteiger charge is 2.40. The molecule has 1 unspecified atom stereocenters. The molecule has 0 N–H and O–H groups in total. The zero-order valence-corrected chi connectivity index (χ0v) is 31.3. The molecule has 0 amide bonds. The number of anilines is 1. The molecular formula is C39H41FN2O9S2. The van der Waals surface area contributed by atoms with E-state index in [1.54, 1.807) is 6.92 Å². The van der Waals surface area contributed by atoms with Crippen LogP contribution in [0.5, 0.6) is 5.75 Å². The molecule has 0 radical (unpaired) electrons. The summed E-state index contributed by atoms with van der Waals surface area (Å²) in [6.07, 6.45) is 1.45. The third kappa shape index (κ3) is 7.93. The fourth-order valence-electron chi connectivity index (χ4n) is 7.47. The van der Waals surface area contributed by atoms with E-state index in [-0.39, 0.29) is 48.3 Å². The van der Waals surface area contributed by atoms with Crippen LogP contribution in [0.4, 0.5) is 15.8 Å². The number of carbonyl (C=O) groups excluding carboxylic acids is 1. The molecule has 1 atom stereocenters. The predicted octanol–water partition coefficient (Wildman–Crippen LogP) is 7.35. The molecule has 1 fully saturated rings. The predicted molar refractivity (Wildman–Crippen MR) is 199 cm³/mol. The number of ether oxygens (including phenoxy) is 2. The lowest BCUT2D eigenvalue weighted by Crippen LogP contribution is -2.34. The summed E-state index contributed by atoms with van der Waals surface area (Å²) in [6, 6.07) is 17.8.